The Morgan fingerprint density at radius 1 is 0.815 bits per heavy atom. The quantitative estimate of drug-likeness (QED) is 0.0664. The van der Waals surface area contributed by atoms with Crippen molar-refractivity contribution in [2.45, 2.75) is 219 Å². The van der Waals surface area contributed by atoms with Crippen molar-refractivity contribution in [2.75, 3.05) is 13.7 Å². The lowest BCUT2D eigenvalue weighted by Crippen LogP contribution is -2.83. The molecule has 1 heterocycles. The van der Waals surface area contributed by atoms with Crippen LogP contribution in [-0.4, -0.2) is 107 Å². The first-order valence-corrected chi connectivity index (χ1v) is 35.0. The van der Waals surface area contributed by atoms with Gasteiger partial charge in [0.25, 0.3) is 0 Å². The van der Waals surface area contributed by atoms with E-state index in [2.05, 4.69) is 96.2 Å². The minimum atomic E-state index is -2.58. The average Bonchev–Trinajstić information content (AvgIpc) is 3.28. The fraction of sp³-hybridized carbons (Fsp3) is 0.780. The Balaban J connectivity index is 2.04. The van der Waals surface area contributed by atoms with Gasteiger partial charge in [-0.2, -0.15) is 0 Å². The number of carbonyl (C=O) groups excluding carboxylic acids is 3. The van der Waals surface area contributed by atoms with Gasteiger partial charge in [0.05, 0.1) is 42.8 Å². The monoisotopic (exact) mass is 974 g/mol. The highest BCUT2D eigenvalue weighted by molar-refractivity contribution is 6.74. The van der Waals surface area contributed by atoms with Crippen molar-refractivity contribution >= 4 is 51.7 Å². The molecule has 0 aromatic heterocycles. The Hall–Kier alpha value is -1.96. The number of Topliss-reactive ketones (excluding diaryl/α,β-unsaturated/α-hetero) is 1. The minimum absolute atomic E-state index is 0.0253. The van der Waals surface area contributed by atoms with Crippen LogP contribution in [0.4, 0.5) is 0 Å². The largest absolute Gasteiger partial charge is 0.497 e. The van der Waals surface area contributed by atoms with Crippen LogP contribution in [0.25, 0.3) is 0 Å². The third kappa shape index (κ3) is 9.18. The maximum Gasteiger partial charge on any atom is 0.338 e. The fourth-order valence-corrected chi connectivity index (χ4v) is 22.3. The van der Waals surface area contributed by atoms with E-state index in [1.54, 1.807) is 31.4 Å². The molecular weight excluding hydrogens is 889 g/mol. The smallest absolute Gasteiger partial charge is 0.338 e. The number of rotatable bonds is 21. The molecule has 0 amide bonds. The summed E-state index contributed by atoms with van der Waals surface area (Å²) in [4.78, 5) is 46.1. The standard InChI is InChI=1S/C50H85O11Si4/c1-18-63(19-2,20-3)58-38-32-50(61-62(16)17)45(56-46(53)36-28-27-29-37(30-36)54-15)43-48(14,44(52)42(41(34(38)10)47(50,12)13)60-65(24-7,25-8)26-9)39(59-64(21-4,22-5)23-6)31-40-49(43,33-55-40)57-35(11)51/h27-30,38-40,42-43,45H,18-26,31-33H2,1-17H3/t38-,39-,40+,42+,43-,45-,48+,49-,50+/m0/s1. The van der Waals surface area contributed by atoms with Gasteiger partial charge in [0.1, 0.15) is 29.7 Å². The molecule has 2 saturated carbocycles. The van der Waals surface area contributed by atoms with E-state index in [0.717, 1.165) is 65.5 Å². The molecule has 4 aliphatic rings. The number of benzene rings is 1. The Morgan fingerprint density at radius 2 is 1.35 bits per heavy atom. The molecule has 1 saturated heterocycles. The summed E-state index contributed by atoms with van der Waals surface area (Å²) in [6, 6.07) is 14.8. The second-order valence-electron chi connectivity index (χ2n) is 20.5. The molecule has 11 nitrogen and oxygen atoms in total. The fourth-order valence-electron chi connectivity index (χ4n) is 12.6. The normalized spacial score (nSPS) is 31.3. The Kier molecular flexibility index (Phi) is 17.1. The van der Waals surface area contributed by atoms with Crippen LogP contribution in [0.15, 0.2) is 35.4 Å². The van der Waals surface area contributed by atoms with Crippen LogP contribution in [0.5, 0.6) is 5.75 Å². The van der Waals surface area contributed by atoms with Crippen LogP contribution in [-0.2, 0) is 41.5 Å². The van der Waals surface area contributed by atoms with Gasteiger partial charge in [-0.15, -0.1) is 0 Å². The second kappa shape index (κ2) is 20.6. The summed E-state index contributed by atoms with van der Waals surface area (Å²) in [5, 5.41) is 0. The molecule has 9 atom stereocenters. The summed E-state index contributed by atoms with van der Waals surface area (Å²) in [6.45, 7) is 34.1. The third-order valence-electron chi connectivity index (χ3n) is 17.5. The molecule has 367 valence electrons. The predicted octanol–water partition coefficient (Wildman–Crippen LogP) is 11.5. The molecule has 1 radical (unpaired) electrons. The highest BCUT2D eigenvalue weighted by Gasteiger charge is 2.79. The molecule has 0 N–H and O–H groups in total. The number of ketones is 1. The zero-order valence-electron chi connectivity index (χ0n) is 43.2. The molecule has 5 rings (SSSR count). The topological polar surface area (TPSA) is 125 Å². The number of fused-ring (bicyclic) bond motifs is 5. The van der Waals surface area contributed by atoms with Crippen molar-refractivity contribution in [2.24, 2.45) is 16.7 Å². The molecular formula is C50H85O11Si4. The zero-order chi connectivity index (χ0) is 48.6. The van der Waals surface area contributed by atoms with E-state index in [4.69, 9.17) is 36.7 Å². The van der Waals surface area contributed by atoms with Crippen LogP contribution >= 0.6 is 0 Å². The van der Waals surface area contributed by atoms with Crippen LogP contribution in [0.2, 0.25) is 67.5 Å². The van der Waals surface area contributed by atoms with Gasteiger partial charge >= 0.3 is 11.9 Å². The third-order valence-corrected chi connectivity index (χ3v) is 32.1. The first-order chi connectivity index (χ1) is 30.6. The summed E-state index contributed by atoms with van der Waals surface area (Å²) in [5.41, 5.74) is -2.95. The van der Waals surface area contributed by atoms with Gasteiger partial charge in [-0.1, -0.05) is 82.2 Å². The molecule has 0 spiro atoms. The van der Waals surface area contributed by atoms with Gasteiger partial charge in [-0.25, -0.2) is 4.79 Å². The number of hydrogen-bond donors (Lipinski definition) is 0. The van der Waals surface area contributed by atoms with Crippen molar-refractivity contribution in [1.82, 2.24) is 0 Å². The van der Waals surface area contributed by atoms with Crippen molar-refractivity contribution < 1.29 is 51.0 Å². The summed E-state index contributed by atoms with van der Waals surface area (Å²) >= 11 is 0. The second-order valence-corrected chi connectivity index (χ2v) is 36.7. The average molecular weight is 975 g/mol. The Morgan fingerprint density at radius 3 is 1.83 bits per heavy atom. The number of ether oxygens (including phenoxy) is 4. The van der Waals surface area contributed by atoms with Gasteiger partial charge < -0.3 is 36.7 Å². The van der Waals surface area contributed by atoms with Crippen molar-refractivity contribution in [3.8, 4) is 5.75 Å². The Bertz CT molecular complexity index is 1870. The molecule has 2 bridgehead atoms. The maximum absolute atomic E-state index is 17.1. The van der Waals surface area contributed by atoms with E-state index in [9.17, 15) is 4.79 Å². The van der Waals surface area contributed by atoms with Gasteiger partial charge in [0, 0.05) is 25.2 Å². The summed E-state index contributed by atoms with van der Waals surface area (Å²) in [7, 11) is -7.45. The predicted molar refractivity (Wildman–Crippen MR) is 266 cm³/mol. The van der Waals surface area contributed by atoms with Crippen molar-refractivity contribution in [3.63, 3.8) is 0 Å². The molecule has 1 aliphatic heterocycles. The van der Waals surface area contributed by atoms with E-state index in [1.165, 1.54) is 6.92 Å². The summed E-state index contributed by atoms with van der Waals surface area (Å²) < 4.78 is 57.0. The summed E-state index contributed by atoms with van der Waals surface area (Å²) in [5.74, 6) is -1.67. The Labute approximate surface area is 397 Å². The molecule has 3 fully saturated rings. The highest BCUT2D eigenvalue weighted by Crippen LogP contribution is 2.66. The maximum atomic E-state index is 17.1. The van der Waals surface area contributed by atoms with E-state index in [0.29, 0.717) is 24.2 Å². The zero-order valence-corrected chi connectivity index (χ0v) is 47.2. The van der Waals surface area contributed by atoms with Gasteiger partial charge in [0.15, 0.2) is 36.3 Å². The van der Waals surface area contributed by atoms with Gasteiger partial charge in [-0.3, -0.25) is 9.59 Å². The van der Waals surface area contributed by atoms with Crippen LogP contribution in [0.1, 0.15) is 120 Å². The van der Waals surface area contributed by atoms with Crippen LogP contribution in [0, 0.1) is 16.7 Å². The molecule has 3 aliphatic carbocycles. The van der Waals surface area contributed by atoms with E-state index < -0.39 is 104 Å². The van der Waals surface area contributed by atoms with E-state index in [1.807, 2.05) is 6.92 Å². The van der Waals surface area contributed by atoms with Crippen LogP contribution < -0.4 is 4.74 Å². The number of esters is 2. The minimum Gasteiger partial charge on any atom is -0.497 e. The molecule has 15 heteroatoms. The van der Waals surface area contributed by atoms with Gasteiger partial charge in [0.2, 0.25) is 9.04 Å². The number of hydrogen-bond acceptors (Lipinski definition) is 11. The van der Waals surface area contributed by atoms with Crippen molar-refractivity contribution in [1.29, 1.82) is 0 Å². The van der Waals surface area contributed by atoms with Crippen LogP contribution in [0.3, 0.4) is 0 Å². The highest BCUT2D eigenvalue weighted by atomic mass is 28.4. The SMILES string of the molecule is CC[Si](CC)(CC)O[C@H]1C(=O)[C@]2(C)[C@@H](O[Si](CC)(CC)CC)C[C@H]3OC[C@@]3(OC(C)=O)[C@H]2[C@H](OC(=O)c2cccc(OC)c2)[C@]2(O[Si](C)C)C[C@H](O[Si](CC)(CC)CC)C(C)=C1C2(C)C. The lowest BCUT2D eigenvalue weighted by molar-refractivity contribution is -0.342. The summed E-state index contributed by atoms with van der Waals surface area (Å²) in [6.07, 6.45) is -3.24. The first-order valence-electron chi connectivity index (χ1n) is 25.0. The number of methoxy groups -OCH3 is 1. The lowest BCUT2D eigenvalue weighted by atomic mass is 9.44. The van der Waals surface area contributed by atoms with E-state index >= 15 is 9.59 Å². The van der Waals surface area contributed by atoms with Crippen molar-refractivity contribution in [3.05, 3.63) is 41.0 Å². The molecule has 1 aromatic carbocycles. The number of carbonyl (C=O) groups is 3. The molecule has 1 aromatic rings. The lowest BCUT2D eigenvalue weighted by Gasteiger charge is -2.69. The van der Waals surface area contributed by atoms with E-state index in [-0.39, 0.29) is 12.4 Å². The molecule has 0 unspecified atom stereocenters. The van der Waals surface area contributed by atoms with Gasteiger partial charge in [-0.05, 0) is 111 Å². The first kappa shape index (κ1) is 54.0. The molecule has 65 heavy (non-hydrogen) atoms.